The van der Waals surface area contributed by atoms with E-state index in [0.717, 1.165) is 6.42 Å². The summed E-state index contributed by atoms with van der Waals surface area (Å²) >= 11 is 5.36. The maximum atomic E-state index is 11.8. The number of nitrogens with one attached hydrogen (secondary N) is 1. The Morgan fingerprint density at radius 2 is 1.23 bits per heavy atom. The maximum absolute atomic E-state index is 11.8. The lowest BCUT2D eigenvalue weighted by atomic mass is 9.94. The van der Waals surface area contributed by atoms with E-state index in [9.17, 15) is 36.0 Å². The van der Waals surface area contributed by atoms with Gasteiger partial charge in [-0.2, -0.15) is 16.8 Å². The van der Waals surface area contributed by atoms with Crippen molar-refractivity contribution in [2.24, 2.45) is 29.4 Å². The third-order valence-electron chi connectivity index (χ3n) is 8.67. The lowest BCUT2D eigenvalue weighted by Gasteiger charge is -2.24. The van der Waals surface area contributed by atoms with Crippen LogP contribution in [0.25, 0.3) is 0 Å². The first kappa shape index (κ1) is 33.4. The van der Waals surface area contributed by atoms with Crippen LogP contribution in [0.1, 0.15) is 39.5 Å². The summed E-state index contributed by atoms with van der Waals surface area (Å²) in [5.41, 5.74) is 5.40. The smallest absolute Gasteiger partial charge is 0.325 e. The van der Waals surface area contributed by atoms with Gasteiger partial charge in [-0.05, 0) is 39.5 Å². The normalized spacial score (nSPS) is 37.3. The van der Waals surface area contributed by atoms with Crippen LogP contribution in [0.5, 0.6) is 0 Å². The molecule has 4 aliphatic carbocycles. The molecule has 6 aliphatic rings. The molecule has 0 aromatic heterocycles. The molecule has 3 N–H and O–H groups in total. The van der Waals surface area contributed by atoms with E-state index >= 15 is 0 Å². The number of fused-ring (bicyclic) bond motifs is 2. The summed E-state index contributed by atoms with van der Waals surface area (Å²) in [6, 6.07) is 0. The monoisotopic (exact) mass is 666 g/mol. The minimum absolute atomic E-state index is 0.00289. The summed E-state index contributed by atoms with van der Waals surface area (Å²) in [5.74, 6) is -2.08. The van der Waals surface area contributed by atoms with Gasteiger partial charge in [0.15, 0.2) is 0 Å². The molecule has 2 aliphatic heterocycles. The molecule has 240 valence electrons. The van der Waals surface area contributed by atoms with Crippen molar-refractivity contribution in [1.82, 2.24) is 5.32 Å². The van der Waals surface area contributed by atoms with Crippen molar-refractivity contribution in [1.29, 1.82) is 0 Å². The molecule has 0 aromatic rings. The molecule has 4 bridgehead atoms. The highest BCUT2D eigenvalue weighted by Crippen LogP contribution is 2.56. The number of esters is 2. The van der Waals surface area contributed by atoms with Gasteiger partial charge in [-0.25, -0.2) is 0 Å². The van der Waals surface area contributed by atoms with E-state index in [0.29, 0.717) is 30.4 Å². The van der Waals surface area contributed by atoms with Gasteiger partial charge in [-0.1, -0.05) is 13.2 Å². The minimum atomic E-state index is -3.51. The fourth-order valence-electron chi connectivity index (χ4n) is 6.77. The maximum Gasteiger partial charge on any atom is 0.325 e. The Bertz CT molecular complexity index is 1420. The Morgan fingerprint density at radius 1 is 0.814 bits per heavy atom. The van der Waals surface area contributed by atoms with Gasteiger partial charge in [0.05, 0.1) is 10.5 Å². The van der Waals surface area contributed by atoms with Gasteiger partial charge in [-0.3, -0.25) is 27.5 Å². The van der Waals surface area contributed by atoms with E-state index in [2.05, 4.69) is 18.5 Å². The van der Waals surface area contributed by atoms with Gasteiger partial charge in [0.25, 0.3) is 20.2 Å². The molecule has 2 saturated heterocycles. The predicted molar refractivity (Wildman–Crippen MR) is 150 cm³/mol. The summed E-state index contributed by atoms with van der Waals surface area (Å²) < 4.78 is 67.3. The van der Waals surface area contributed by atoms with Crippen LogP contribution >= 0.6 is 11.6 Å². The molecular weight excluding hydrogens is 632 g/mol. The van der Waals surface area contributed by atoms with Crippen molar-refractivity contribution in [2.75, 3.05) is 12.4 Å². The third kappa shape index (κ3) is 6.77. The van der Waals surface area contributed by atoms with Gasteiger partial charge in [0.2, 0.25) is 11.8 Å². The number of carbonyl (C=O) groups excluding carboxylic acids is 4. The van der Waals surface area contributed by atoms with Gasteiger partial charge < -0.3 is 20.5 Å². The standard InChI is InChI=1S/C13H17NO6S.C9H11ClO5S.C4H7NO/c1-6(2)13(16)14-5-10(15)19-11-7-3-8-9(4-7)21(17,18)20-12(8)11;10-3-7(11)14-8-4-1-5-6(2-4)16(12,13)15-9(5)8;1-3(2)4(5)6/h7-9,11-12H,1,3-5H2,2H3,(H,14,16);4-6,8-9H,1-3H2;1H2,2H3,(H2,5,6). The van der Waals surface area contributed by atoms with E-state index < -0.39 is 73.7 Å². The van der Waals surface area contributed by atoms with E-state index in [-0.39, 0.29) is 41.3 Å². The summed E-state index contributed by atoms with van der Waals surface area (Å²) in [6.45, 7) is 9.59. The molecule has 17 heteroatoms. The molecule has 10 atom stereocenters. The quantitative estimate of drug-likeness (QED) is 0.160. The lowest BCUT2D eigenvalue weighted by molar-refractivity contribution is -0.155. The zero-order chi connectivity index (χ0) is 32.0. The number of hydrogen-bond donors (Lipinski definition) is 2. The number of hydrogen-bond acceptors (Lipinski definition) is 12. The highest BCUT2D eigenvalue weighted by Gasteiger charge is 2.66. The first-order chi connectivity index (χ1) is 20.0. The topological polar surface area (TPSA) is 212 Å². The molecule has 4 saturated carbocycles. The number of amides is 2. The Labute approximate surface area is 254 Å². The lowest BCUT2D eigenvalue weighted by Crippen LogP contribution is -2.40. The molecule has 14 nitrogen and oxygen atoms in total. The van der Waals surface area contributed by atoms with Crippen molar-refractivity contribution in [3.63, 3.8) is 0 Å². The predicted octanol–water partition coefficient (Wildman–Crippen LogP) is 0.0493. The van der Waals surface area contributed by atoms with Crippen molar-refractivity contribution in [3.8, 4) is 0 Å². The Hall–Kier alpha value is -2.53. The zero-order valence-electron chi connectivity index (χ0n) is 23.6. The summed E-state index contributed by atoms with van der Waals surface area (Å²) in [6.07, 6.45) is 0.533. The first-order valence-electron chi connectivity index (χ1n) is 13.6. The molecule has 10 unspecified atom stereocenters. The van der Waals surface area contributed by atoms with Gasteiger partial charge in [0, 0.05) is 34.8 Å². The van der Waals surface area contributed by atoms with Crippen LogP contribution in [0.3, 0.4) is 0 Å². The number of alkyl halides is 1. The second-order valence-electron chi connectivity index (χ2n) is 11.6. The molecule has 6 fully saturated rings. The molecule has 0 spiro atoms. The molecule has 0 radical (unpaired) electrons. The van der Waals surface area contributed by atoms with Gasteiger partial charge in [0.1, 0.15) is 36.8 Å². The van der Waals surface area contributed by atoms with Crippen LogP contribution in [0.15, 0.2) is 24.3 Å². The van der Waals surface area contributed by atoms with Crippen LogP contribution < -0.4 is 11.1 Å². The van der Waals surface area contributed by atoms with Crippen molar-refractivity contribution in [2.45, 2.75) is 74.4 Å². The third-order valence-corrected chi connectivity index (χ3v) is 12.4. The Balaban J connectivity index is 0.000000170. The number of halogens is 1. The van der Waals surface area contributed by atoms with E-state index in [1.54, 1.807) is 6.92 Å². The van der Waals surface area contributed by atoms with Crippen LogP contribution in [0, 0.1) is 23.7 Å². The zero-order valence-corrected chi connectivity index (χ0v) is 26.0. The SMILES string of the molecule is C=C(C)C(=O)NCC(=O)OC1C2CC3C1OS(=O)(=O)C3C2.C=C(C)C(N)=O.O=C(CCl)OC1C2CC3C1OS(=O)(=O)C3C2. The van der Waals surface area contributed by atoms with Crippen LogP contribution in [0.4, 0.5) is 0 Å². The first-order valence-corrected chi connectivity index (χ1v) is 17.1. The fourth-order valence-corrected chi connectivity index (χ4v) is 10.6. The Kier molecular flexibility index (Phi) is 9.67. The van der Waals surface area contributed by atoms with Crippen molar-refractivity contribution < 1.29 is 53.9 Å². The summed E-state index contributed by atoms with van der Waals surface area (Å²) in [4.78, 5) is 44.0. The fraction of sp³-hybridized carbons (Fsp3) is 0.692. The van der Waals surface area contributed by atoms with E-state index in [1.165, 1.54) is 6.92 Å². The second-order valence-corrected chi connectivity index (χ2v) is 15.5. The second kappa shape index (κ2) is 12.5. The number of ether oxygens (including phenoxy) is 2. The van der Waals surface area contributed by atoms with Crippen LogP contribution in [0.2, 0.25) is 0 Å². The average molecular weight is 667 g/mol. The van der Waals surface area contributed by atoms with Crippen LogP contribution in [-0.4, -0.2) is 87.9 Å². The number of carbonyl (C=O) groups is 4. The minimum Gasteiger partial charge on any atom is -0.458 e. The molecule has 43 heavy (non-hydrogen) atoms. The van der Waals surface area contributed by atoms with Gasteiger partial charge in [-0.15, -0.1) is 11.6 Å². The average Bonchev–Trinajstić information content (AvgIpc) is 3.72. The number of nitrogens with two attached hydrogens (primary N) is 1. The molecule has 6 rings (SSSR count). The van der Waals surface area contributed by atoms with Crippen molar-refractivity contribution in [3.05, 3.63) is 24.3 Å². The molecule has 2 heterocycles. The molecule has 0 aromatic carbocycles. The van der Waals surface area contributed by atoms with Gasteiger partial charge >= 0.3 is 11.9 Å². The van der Waals surface area contributed by atoms with E-state index in [1.807, 2.05) is 0 Å². The van der Waals surface area contributed by atoms with Crippen molar-refractivity contribution >= 4 is 55.6 Å². The van der Waals surface area contributed by atoms with Crippen LogP contribution in [-0.2, 0) is 57.3 Å². The molecular formula is C26H35ClN2O12S2. The molecule has 2 amide bonds. The van der Waals surface area contributed by atoms with E-state index in [4.69, 9.17) is 35.2 Å². The summed E-state index contributed by atoms with van der Waals surface area (Å²) in [5, 5.41) is 1.57. The highest BCUT2D eigenvalue weighted by atomic mass is 35.5. The largest absolute Gasteiger partial charge is 0.458 e. The summed E-state index contributed by atoms with van der Waals surface area (Å²) in [7, 11) is -6.94. The highest BCUT2D eigenvalue weighted by molar-refractivity contribution is 7.87. The Morgan fingerprint density at radius 3 is 1.60 bits per heavy atom. The number of primary amides is 1. The number of rotatable bonds is 7.